The van der Waals surface area contributed by atoms with Crippen molar-refractivity contribution >= 4 is 22.4 Å². The summed E-state index contributed by atoms with van der Waals surface area (Å²) in [6, 6.07) is 18.5. The van der Waals surface area contributed by atoms with Crippen LogP contribution in [0, 0.1) is 0 Å². The third-order valence-corrected chi connectivity index (χ3v) is 6.70. The first-order chi connectivity index (χ1) is 13.2. The zero-order valence-corrected chi connectivity index (χ0v) is 15.7. The largest absolute Gasteiger partial charge is 0.345 e. The molecule has 0 radical (unpaired) electrons. The molecule has 1 aliphatic carbocycles. The number of nitrogens with zero attached hydrogens (tertiary/aromatic N) is 1. The molecule has 0 saturated heterocycles. The van der Waals surface area contributed by atoms with Gasteiger partial charge in [-0.15, -0.1) is 11.3 Å². The van der Waals surface area contributed by atoms with Crippen LogP contribution in [0.2, 0.25) is 0 Å². The number of aromatic amines is 1. The number of H-pyrrole nitrogens is 1. The molecule has 5 rings (SSSR count). The van der Waals surface area contributed by atoms with Crippen LogP contribution >= 0.6 is 11.3 Å². The normalized spacial score (nSPS) is 16.5. The minimum atomic E-state index is -0.272. The van der Waals surface area contributed by atoms with E-state index < -0.39 is 0 Å². The highest BCUT2D eigenvalue weighted by molar-refractivity contribution is 7.15. The number of benzene rings is 2. The van der Waals surface area contributed by atoms with Crippen LogP contribution in [0.4, 0.5) is 0 Å². The van der Waals surface area contributed by atoms with E-state index in [9.17, 15) is 0 Å². The molecule has 1 saturated carbocycles. The van der Waals surface area contributed by atoms with E-state index in [-0.39, 0.29) is 12.1 Å². The summed E-state index contributed by atoms with van der Waals surface area (Å²) in [4.78, 5) is 10.2. The van der Waals surface area contributed by atoms with Crippen molar-refractivity contribution in [2.75, 3.05) is 0 Å². The number of rotatable bonds is 5. The Hall–Kier alpha value is -2.47. The van der Waals surface area contributed by atoms with Crippen LogP contribution in [0.1, 0.15) is 46.8 Å². The van der Waals surface area contributed by atoms with Crippen molar-refractivity contribution in [1.82, 2.24) is 9.97 Å². The van der Waals surface area contributed by atoms with E-state index in [1.165, 1.54) is 28.2 Å². The second-order valence-electron chi connectivity index (χ2n) is 7.33. The summed E-state index contributed by atoms with van der Waals surface area (Å²) < 4.78 is 0. The molecule has 2 aromatic carbocycles. The number of imidazole rings is 1. The lowest BCUT2D eigenvalue weighted by atomic mass is 9.94. The third-order valence-electron chi connectivity index (χ3n) is 5.40. The number of nitrogens with two attached hydrogens (primary N) is 2. The van der Waals surface area contributed by atoms with E-state index in [0.29, 0.717) is 0 Å². The zero-order valence-electron chi connectivity index (χ0n) is 14.9. The summed E-state index contributed by atoms with van der Waals surface area (Å²) in [7, 11) is 0. The molecule has 5 N–H and O–H groups in total. The first-order valence-corrected chi connectivity index (χ1v) is 10.1. The van der Waals surface area contributed by atoms with E-state index in [4.69, 9.17) is 11.5 Å². The molecule has 5 heteroatoms. The molecule has 1 fully saturated rings. The van der Waals surface area contributed by atoms with Crippen molar-refractivity contribution in [2.24, 2.45) is 11.5 Å². The van der Waals surface area contributed by atoms with Crippen LogP contribution < -0.4 is 11.5 Å². The van der Waals surface area contributed by atoms with Crippen LogP contribution in [0.3, 0.4) is 0 Å². The molecule has 2 unspecified atom stereocenters. The maximum absolute atomic E-state index is 6.48. The topological polar surface area (TPSA) is 80.7 Å². The van der Waals surface area contributed by atoms with Crippen molar-refractivity contribution in [1.29, 1.82) is 0 Å². The molecule has 0 amide bonds. The molecule has 136 valence electrons. The Balaban J connectivity index is 1.36. The fourth-order valence-corrected chi connectivity index (χ4v) is 4.72. The molecule has 27 heavy (non-hydrogen) atoms. The molecule has 0 bridgehead atoms. The Morgan fingerprint density at radius 2 is 1.67 bits per heavy atom. The molecule has 2 atom stereocenters. The minimum absolute atomic E-state index is 0.259. The Labute approximate surface area is 162 Å². The number of fused-ring (bicyclic) bond motifs is 1. The van der Waals surface area contributed by atoms with Crippen LogP contribution in [-0.4, -0.2) is 9.97 Å². The average molecular weight is 375 g/mol. The predicted octanol–water partition coefficient (Wildman–Crippen LogP) is 4.87. The Morgan fingerprint density at radius 3 is 2.44 bits per heavy atom. The van der Waals surface area contributed by atoms with E-state index in [1.807, 2.05) is 29.5 Å². The number of hydrogen-bond acceptors (Lipinski definition) is 4. The second kappa shape index (κ2) is 6.60. The molecular weight excluding hydrogens is 352 g/mol. The van der Waals surface area contributed by atoms with Crippen LogP contribution in [0.15, 0.2) is 60.9 Å². The molecule has 2 heterocycles. The lowest BCUT2D eigenvalue weighted by Gasteiger charge is -2.21. The van der Waals surface area contributed by atoms with Gasteiger partial charge in [0.2, 0.25) is 0 Å². The van der Waals surface area contributed by atoms with Gasteiger partial charge in [-0.25, -0.2) is 4.98 Å². The average Bonchev–Trinajstić information content (AvgIpc) is 3.25. The molecule has 0 spiro atoms. The summed E-state index contributed by atoms with van der Waals surface area (Å²) >= 11 is 1.91. The highest BCUT2D eigenvalue weighted by Gasteiger charge is 2.25. The molecule has 4 aromatic rings. The van der Waals surface area contributed by atoms with E-state index in [1.54, 1.807) is 6.33 Å². The standard InChI is InChI=1S/C22H22N4S/c23-21(22(24)16-7-8-17-18(11-16)26-12-25-17)15-5-3-14(4-6-15)20-10-9-19(27-20)13-1-2-13/h3-13,21-22H,1-2,23-24H2,(H,25,26). The smallest absolute Gasteiger partial charge is 0.0931 e. The Bertz CT molecular complexity index is 1080. The minimum Gasteiger partial charge on any atom is -0.345 e. The Morgan fingerprint density at radius 1 is 0.926 bits per heavy atom. The van der Waals surface area contributed by atoms with Gasteiger partial charge in [-0.3, -0.25) is 0 Å². The SMILES string of the molecule is NC(c1ccc(-c2ccc(C3CC3)s2)cc1)C(N)c1ccc2nc[nH]c2c1. The van der Waals surface area contributed by atoms with Gasteiger partial charge in [0.05, 0.1) is 17.4 Å². The summed E-state index contributed by atoms with van der Waals surface area (Å²) in [5.74, 6) is 0.807. The van der Waals surface area contributed by atoms with Gasteiger partial charge >= 0.3 is 0 Å². The van der Waals surface area contributed by atoms with Gasteiger partial charge in [-0.2, -0.15) is 0 Å². The number of thiophene rings is 1. The first kappa shape index (κ1) is 16.7. The highest BCUT2D eigenvalue weighted by atomic mass is 32.1. The van der Waals surface area contributed by atoms with Gasteiger partial charge in [0.1, 0.15) is 0 Å². The highest BCUT2D eigenvalue weighted by Crippen LogP contribution is 2.45. The first-order valence-electron chi connectivity index (χ1n) is 9.33. The molecule has 2 aromatic heterocycles. The van der Waals surface area contributed by atoms with Crippen molar-refractivity contribution in [2.45, 2.75) is 30.8 Å². The van der Waals surface area contributed by atoms with Gasteiger partial charge in [0, 0.05) is 21.8 Å². The predicted molar refractivity (Wildman–Crippen MR) is 112 cm³/mol. The number of nitrogens with one attached hydrogen (secondary N) is 1. The summed E-state index contributed by atoms with van der Waals surface area (Å²) in [5, 5.41) is 0. The summed E-state index contributed by atoms with van der Waals surface area (Å²) in [5.41, 5.74) is 18.2. The molecule has 1 aliphatic rings. The van der Waals surface area contributed by atoms with Crippen molar-refractivity contribution < 1.29 is 0 Å². The fourth-order valence-electron chi connectivity index (χ4n) is 3.54. The van der Waals surface area contributed by atoms with Gasteiger partial charge in [-0.05, 0) is 59.7 Å². The van der Waals surface area contributed by atoms with Gasteiger partial charge < -0.3 is 16.5 Å². The van der Waals surface area contributed by atoms with E-state index in [2.05, 4.69) is 46.4 Å². The number of aromatic nitrogens is 2. The van der Waals surface area contributed by atoms with Crippen LogP contribution in [0.25, 0.3) is 21.5 Å². The maximum Gasteiger partial charge on any atom is 0.0931 e. The second-order valence-corrected chi connectivity index (χ2v) is 8.44. The molecule has 4 nitrogen and oxygen atoms in total. The van der Waals surface area contributed by atoms with Gasteiger partial charge in [0.15, 0.2) is 0 Å². The zero-order chi connectivity index (χ0) is 18.4. The van der Waals surface area contributed by atoms with Gasteiger partial charge in [0.25, 0.3) is 0 Å². The molecular formula is C22H22N4S. The van der Waals surface area contributed by atoms with Crippen LogP contribution in [-0.2, 0) is 0 Å². The fraction of sp³-hybridized carbons (Fsp3) is 0.227. The third kappa shape index (κ3) is 3.18. The lowest BCUT2D eigenvalue weighted by Crippen LogP contribution is -2.26. The van der Waals surface area contributed by atoms with E-state index >= 15 is 0 Å². The van der Waals surface area contributed by atoms with E-state index in [0.717, 1.165) is 28.1 Å². The summed E-state index contributed by atoms with van der Waals surface area (Å²) in [6.45, 7) is 0. The maximum atomic E-state index is 6.48. The lowest BCUT2D eigenvalue weighted by molar-refractivity contribution is 0.575. The van der Waals surface area contributed by atoms with Gasteiger partial charge in [-0.1, -0.05) is 30.3 Å². The number of hydrogen-bond donors (Lipinski definition) is 3. The Kier molecular flexibility index (Phi) is 4.08. The quantitative estimate of drug-likeness (QED) is 0.466. The van der Waals surface area contributed by atoms with Crippen molar-refractivity contribution in [3.8, 4) is 10.4 Å². The summed E-state index contributed by atoms with van der Waals surface area (Å²) in [6.07, 6.45) is 4.38. The van der Waals surface area contributed by atoms with Crippen molar-refractivity contribution in [3.63, 3.8) is 0 Å². The molecule has 0 aliphatic heterocycles. The van der Waals surface area contributed by atoms with Crippen molar-refractivity contribution in [3.05, 3.63) is 76.9 Å². The van der Waals surface area contributed by atoms with Crippen LogP contribution in [0.5, 0.6) is 0 Å². The monoisotopic (exact) mass is 374 g/mol.